The normalized spacial score (nSPS) is 31.7. The predicted octanol–water partition coefficient (Wildman–Crippen LogP) is 2.46. The van der Waals surface area contributed by atoms with Crippen LogP contribution < -0.4 is 0 Å². The van der Waals surface area contributed by atoms with Crippen molar-refractivity contribution in [3.63, 3.8) is 0 Å². The monoisotopic (exact) mass is 243 g/mol. The van der Waals surface area contributed by atoms with E-state index in [-0.39, 0.29) is 24.0 Å². The summed E-state index contributed by atoms with van der Waals surface area (Å²) >= 11 is 0. The van der Waals surface area contributed by atoms with Crippen LogP contribution in [0.5, 0.6) is 0 Å². The topological polar surface area (TPSA) is 40.5 Å². The fraction of sp³-hybridized carbons (Fsp3) is 0.400. The maximum Gasteiger partial charge on any atom is 0.321 e. The fourth-order valence-corrected chi connectivity index (χ4v) is 3.33. The second-order valence-electron chi connectivity index (χ2n) is 5.17. The SMILES string of the molecule is C[C@@H](c1ccccc1)N1C2C=C[C@H](C2)C1C(=O)O. The van der Waals surface area contributed by atoms with E-state index >= 15 is 0 Å². The Bertz CT molecular complexity index is 483. The van der Waals surface area contributed by atoms with Gasteiger partial charge in [0.15, 0.2) is 0 Å². The van der Waals surface area contributed by atoms with Crippen molar-refractivity contribution in [2.75, 3.05) is 0 Å². The fourth-order valence-electron chi connectivity index (χ4n) is 3.33. The van der Waals surface area contributed by atoms with Crippen LogP contribution in [0.4, 0.5) is 0 Å². The first-order chi connectivity index (χ1) is 8.68. The Balaban J connectivity index is 1.91. The van der Waals surface area contributed by atoms with E-state index in [4.69, 9.17) is 0 Å². The van der Waals surface area contributed by atoms with Gasteiger partial charge >= 0.3 is 5.97 Å². The van der Waals surface area contributed by atoms with Crippen LogP contribution >= 0.6 is 0 Å². The maximum absolute atomic E-state index is 11.5. The molecule has 18 heavy (non-hydrogen) atoms. The van der Waals surface area contributed by atoms with Gasteiger partial charge in [-0.25, -0.2) is 0 Å². The van der Waals surface area contributed by atoms with Crippen molar-refractivity contribution in [2.45, 2.75) is 31.5 Å². The van der Waals surface area contributed by atoms with Crippen LogP contribution in [0.15, 0.2) is 42.5 Å². The van der Waals surface area contributed by atoms with Gasteiger partial charge < -0.3 is 5.11 Å². The number of hydrogen-bond donors (Lipinski definition) is 1. The van der Waals surface area contributed by atoms with Gasteiger partial charge in [-0.3, -0.25) is 9.69 Å². The van der Waals surface area contributed by atoms with Gasteiger partial charge in [-0.05, 0) is 18.9 Å². The molecular formula is C15H17NO2. The molecule has 2 aliphatic rings. The van der Waals surface area contributed by atoms with Crippen molar-refractivity contribution < 1.29 is 9.90 Å². The average Bonchev–Trinajstić information content (AvgIpc) is 2.99. The summed E-state index contributed by atoms with van der Waals surface area (Å²) in [4.78, 5) is 13.6. The zero-order chi connectivity index (χ0) is 12.7. The van der Waals surface area contributed by atoms with Gasteiger partial charge in [-0.1, -0.05) is 42.5 Å². The highest BCUT2D eigenvalue weighted by molar-refractivity contribution is 5.75. The van der Waals surface area contributed by atoms with E-state index < -0.39 is 5.97 Å². The summed E-state index contributed by atoms with van der Waals surface area (Å²) in [5.41, 5.74) is 1.18. The molecule has 1 aliphatic carbocycles. The van der Waals surface area contributed by atoms with E-state index in [0.29, 0.717) is 0 Å². The maximum atomic E-state index is 11.5. The standard InChI is InChI=1S/C15H17NO2/c1-10(11-5-3-2-4-6-11)16-13-8-7-12(9-13)14(16)15(17)18/h2-8,10,12-14H,9H2,1H3,(H,17,18)/t10-,12+,13?,14?/m0/s1. The van der Waals surface area contributed by atoms with E-state index in [1.165, 1.54) is 5.56 Å². The summed E-state index contributed by atoms with van der Waals surface area (Å²) in [5, 5.41) is 9.43. The van der Waals surface area contributed by atoms with Crippen molar-refractivity contribution in [2.24, 2.45) is 5.92 Å². The van der Waals surface area contributed by atoms with E-state index in [0.717, 1.165) is 6.42 Å². The van der Waals surface area contributed by atoms with E-state index in [9.17, 15) is 9.90 Å². The molecule has 3 nitrogen and oxygen atoms in total. The van der Waals surface area contributed by atoms with Crippen molar-refractivity contribution in [1.29, 1.82) is 0 Å². The molecule has 0 saturated carbocycles. The van der Waals surface area contributed by atoms with Gasteiger partial charge in [-0.2, -0.15) is 0 Å². The molecule has 94 valence electrons. The van der Waals surface area contributed by atoms with Crippen LogP contribution in [0.25, 0.3) is 0 Å². The zero-order valence-electron chi connectivity index (χ0n) is 10.4. The Morgan fingerprint density at radius 2 is 2.06 bits per heavy atom. The van der Waals surface area contributed by atoms with Crippen LogP contribution in [-0.2, 0) is 4.79 Å². The molecule has 1 saturated heterocycles. The van der Waals surface area contributed by atoms with Gasteiger partial charge in [-0.15, -0.1) is 0 Å². The number of nitrogens with zero attached hydrogens (tertiary/aromatic N) is 1. The molecule has 0 radical (unpaired) electrons. The smallest absolute Gasteiger partial charge is 0.321 e. The number of rotatable bonds is 3. The first kappa shape index (κ1) is 11.5. The van der Waals surface area contributed by atoms with Gasteiger partial charge in [0.25, 0.3) is 0 Å². The number of benzene rings is 1. The molecule has 1 aliphatic heterocycles. The first-order valence-corrected chi connectivity index (χ1v) is 6.42. The molecule has 0 aromatic heterocycles. The number of carboxylic acid groups (broad SMARTS) is 1. The van der Waals surface area contributed by atoms with Gasteiger partial charge in [0.1, 0.15) is 6.04 Å². The molecule has 3 rings (SSSR count). The summed E-state index contributed by atoms with van der Waals surface area (Å²) in [6.45, 7) is 2.10. The lowest BCUT2D eigenvalue weighted by Gasteiger charge is -2.35. The molecule has 1 fully saturated rings. The Morgan fingerprint density at radius 3 is 2.72 bits per heavy atom. The van der Waals surface area contributed by atoms with E-state index in [1.54, 1.807) is 0 Å². The highest BCUT2D eigenvalue weighted by atomic mass is 16.4. The molecule has 4 atom stereocenters. The number of hydrogen-bond acceptors (Lipinski definition) is 2. The summed E-state index contributed by atoms with van der Waals surface area (Å²) in [6.07, 6.45) is 5.18. The molecule has 0 amide bonds. The number of fused-ring (bicyclic) bond motifs is 2. The van der Waals surface area contributed by atoms with Crippen molar-refractivity contribution >= 4 is 5.97 Å². The molecular weight excluding hydrogens is 226 g/mol. The van der Waals surface area contributed by atoms with Crippen LogP contribution in [-0.4, -0.2) is 28.1 Å². The van der Waals surface area contributed by atoms with Crippen molar-refractivity contribution in [3.05, 3.63) is 48.0 Å². The summed E-state index contributed by atoms with van der Waals surface area (Å²) in [6, 6.07) is 10.2. The molecule has 2 unspecified atom stereocenters. The molecule has 2 bridgehead atoms. The third kappa shape index (κ3) is 1.66. The van der Waals surface area contributed by atoms with Crippen molar-refractivity contribution in [3.8, 4) is 0 Å². The van der Waals surface area contributed by atoms with Crippen LogP contribution in [0.3, 0.4) is 0 Å². The highest BCUT2D eigenvalue weighted by Crippen LogP contribution is 2.42. The number of carboxylic acids is 1. The van der Waals surface area contributed by atoms with E-state index in [1.807, 2.05) is 18.2 Å². The minimum absolute atomic E-state index is 0.146. The van der Waals surface area contributed by atoms with Gasteiger partial charge in [0.05, 0.1) is 0 Å². The zero-order valence-corrected chi connectivity index (χ0v) is 10.4. The lowest BCUT2D eigenvalue weighted by Crippen LogP contribution is -2.45. The summed E-state index contributed by atoms with van der Waals surface area (Å²) < 4.78 is 0. The van der Waals surface area contributed by atoms with Crippen LogP contribution in [0, 0.1) is 5.92 Å². The molecule has 1 aromatic rings. The number of carbonyl (C=O) groups is 1. The Labute approximate surface area is 107 Å². The van der Waals surface area contributed by atoms with Gasteiger partial charge in [0.2, 0.25) is 0 Å². The minimum atomic E-state index is -0.699. The van der Waals surface area contributed by atoms with Gasteiger partial charge in [0, 0.05) is 18.0 Å². The third-order valence-corrected chi connectivity index (χ3v) is 4.19. The minimum Gasteiger partial charge on any atom is -0.480 e. The Hall–Kier alpha value is -1.61. The second kappa shape index (κ2) is 4.25. The predicted molar refractivity (Wildman–Crippen MR) is 69.2 cm³/mol. The molecule has 1 N–H and O–H groups in total. The lowest BCUT2D eigenvalue weighted by atomic mass is 9.99. The lowest BCUT2D eigenvalue weighted by molar-refractivity contribution is -0.144. The van der Waals surface area contributed by atoms with Crippen LogP contribution in [0.1, 0.15) is 24.9 Å². The third-order valence-electron chi connectivity index (χ3n) is 4.19. The summed E-state index contributed by atoms with van der Waals surface area (Å²) in [5.74, 6) is -0.520. The first-order valence-electron chi connectivity index (χ1n) is 6.42. The quantitative estimate of drug-likeness (QED) is 0.829. The highest BCUT2D eigenvalue weighted by Gasteiger charge is 2.48. The Kier molecular flexibility index (Phi) is 2.71. The largest absolute Gasteiger partial charge is 0.480 e. The Morgan fingerprint density at radius 1 is 1.33 bits per heavy atom. The molecule has 0 spiro atoms. The molecule has 3 heteroatoms. The number of aliphatic carboxylic acids is 1. The van der Waals surface area contributed by atoms with Crippen LogP contribution in [0.2, 0.25) is 0 Å². The van der Waals surface area contributed by atoms with Crippen molar-refractivity contribution in [1.82, 2.24) is 4.90 Å². The number of likely N-dealkylation sites (tertiary alicyclic amines) is 1. The molecule has 1 heterocycles. The average molecular weight is 243 g/mol. The van der Waals surface area contributed by atoms with E-state index in [2.05, 4.69) is 36.1 Å². The summed E-state index contributed by atoms with van der Waals surface area (Å²) in [7, 11) is 0. The molecule has 1 aromatic carbocycles. The second-order valence-corrected chi connectivity index (χ2v) is 5.17.